The van der Waals surface area contributed by atoms with Gasteiger partial charge in [-0.05, 0) is 18.1 Å². The molecule has 0 amide bonds. The van der Waals surface area contributed by atoms with Gasteiger partial charge in [0.15, 0.2) is 5.96 Å². The molecule has 1 fully saturated rings. The number of sulfonamides is 1. The number of methoxy groups -OCH3 is 1. The lowest BCUT2D eigenvalue weighted by molar-refractivity contribution is 0.0536. The molecule has 1 unspecified atom stereocenters. The molecule has 1 aliphatic heterocycles. The predicted octanol–water partition coefficient (Wildman–Crippen LogP) is 0.997. The molecule has 28 heavy (non-hydrogen) atoms. The Hall–Kier alpha value is -1.68. The summed E-state index contributed by atoms with van der Waals surface area (Å²) in [6.07, 6.45) is 1.04. The standard InChI is InChI=1S/C19H32N4O4S/c1-20-19(23-10-9-16(14-23)15-27-12-11-26-4)21-13-17-7-5-6-8-18(17)28(24,25)22(2)3/h5-8,16H,9-15H2,1-4H3,(H,20,21). The van der Waals surface area contributed by atoms with Crippen molar-refractivity contribution >= 4 is 16.0 Å². The number of guanidine groups is 1. The van der Waals surface area contributed by atoms with Crippen LogP contribution in [0.4, 0.5) is 0 Å². The van der Waals surface area contributed by atoms with Gasteiger partial charge in [-0.15, -0.1) is 0 Å². The molecule has 8 nitrogen and oxygen atoms in total. The van der Waals surface area contributed by atoms with Crippen LogP contribution < -0.4 is 5.32 Å². The summed E-state index contributed by atoms with van der Waals surface area (Å²) < 4.78 is 37.0. The molecule has 1 saturated heterocycles. The molecule has 0 radical (unpaired) electrons. The number of benzene rings is 1. The van der Waals surface area contributed by atoms with E-state index in [0.717, 1.165) is 31.0 Å². The van der Waals surface area contributed by atoms with Gasteiger partial charge < -0.3 is 19.7 Å². The number of nitrogens with zero attached hydrogens (tertiary/aromatic N) is 3. The van der Waals surface area contributed by atoms with Crippen LogP contribution in [0.25, 0.3) is 0 Å². The van der Waals surface area contributed by atoms with Crippen LogP contribution in [0.3, 0.4) is 0 Å². The molecule has 1 atom stereocenters. The molecule has 1 heterocycles. The molecular weight excluding hydrogens is 380 g/mol. The number of rotatable bonds is 9. The van der Waals surface area contributed by atoms with Crippen molar-refractivity contribution in [3.05, 3.63) is 29.8 Å². The molecule has 0 aromatic heterocycles. The lowest BCUT2D eigenvalue weighted by Gasteiger charge is -2.22. The maximum Gasteiger partial charge on any atom is 0.242 e. The van der Waals surface area contributed by atoms with Crippen molar-refractivity contribution < 1.29 is 17.9 Å². The third-order valence-corrected chi connectivity index (χ3v) is 6.67. The van der Waals surface area contributed by atoms with E-state index in [1.54, 1.807) is 26.3 Å². The van der Waals surface area contributed by atoms with Crippen molar-refractivity contribution in [2.75, 3.05) is 61.2 Å². The largest absolute Gasteiger partial charge is 0.382 e. The summed E-state index contributed by atoms with van der Waals surface area (Å²) in [7, 11) is 2.99. The lowest BCUT2D eigenvalue weighted by atomic mass is 10.1. The van der Waals surface area contributed by atoms with E-state index in [1.807, 2.05) is 12.1 Å². The van der Waals surface area contributed by atoms with E-state index in [4.69, 9.17) is 9.47 Å². The second-order valence-electron chi connectivity index (χ2n) is 6.96. The fraction of sp³-hybridized carbons (Fsp3) is 0.632. The third-order valence-electron chi connectivity index (χ3n) is 4.75. The topological polar surface area (TPSA) is 83.5 Å². The summed E-state index contributed by atoms with van der Waals surface area (Å²) in [6.45, 7) is 4.08. The first-order valence-electron chi connectivity index (χ1n) is 9.42. The molecule has 1 aliphatic rings. The van der Waals surface area contributed by atoms with Crippen molar-refractivity contribution in [1.82, 2.24) is 14.5 Å². The summed E-state index contributed by atoms with van der Waals surface area (Å²) >= 11 is 0. The fourth-order valence-electron chi connectivity index (χ4n) is 3.16. The summed E-state index contributed by atoms with van der Waals surface area (Å²) in [5, 5.41) is 3.31. The van der Waals surface area contributed by atoms with E-state index in [-0.39, 0.29) is 0 Å². The van der Waals surface area contributed by atoms with Gasteiger partial charge in [0.1, 0.15) is 0 Å². The molecule has 2 rings (SSSR count). The highest BCUT2D eigenvalue weighted by molar-refractivity contribution is 7.89. The van der Waals surface area contributed by atoms with Gasteiger partial charge in [0.2, 0.25) is 10.0 Å². The zero-order valence-corrected chi connectivity index (χ0v) is 18.0. The SMILES string of the molecule is CN=C(NCc1ccccc1S(=O)(=O)N(C)C)N1CCC(COCCOC)C1. The zero-order chi connectivity index (χ0) is 20.6. The minimum Gasteiger partial charge on any atom is -0.382 e. The minimum absolute atomic E-state index is 0.314. The molecule has 1 aromatic carbocycles. The molecule has 0 bridgehead atoms. The number of ether oxygens (including phenoxy) is 2. The van der Waals surface area contributed by atoms with Gasteiger partial charge in [0.05, 0.1) is 24.7 Å². The molecule has 158 valence electrons. The quantitative estimate of drug-likeness (QED) is 0.370. The minimum atomic E-state index is -3.49. The predicted molar refractivity (Wildman–Crippen MR) is 110 cm³/mol. The van der Waals surface area contributed by atoms with Gasteiger partial charge in [-0.2, -0.15) is 0 Å². The van der Waals surface area contributed by atoms with Crippen LogP contribution in [-0.4, -0.2) is 84.7 Å². The van der Waals surface area contributed by atoms with Crippen LogP contribution in [0.1, 0.15) is 12.0 Å². The highest BCUT2D eigenvalue weighted by Gasteiger charge is 2.26. The first kappa shape index (κ1) is 22.6. The Morgan fingerprint density at radius 1 is 1.32 bits per heavy atom. The monoisotopic (exact) mass is 412 g/mol. The summed E-state index contributed by atoms with van der Waals surface area (Å²) in [5.74, 6) is 1.23. The molecule has 0 spiro atoms. The van der Waals surface area contributed by atoms with Crippen LogP contribution in [0.5, 0.6) is 0 Å². The first-order chi connectivity index (χ1) is 13.4. The van der Waals surface area contributed by atoms with Crippen LogP contribution in [0.2, 0.25) is 0 Å². The van der Waals surface area contributed by atoms with Crippen LogP contribution >= 0.6 is 0 Å². The van der Waals surface area contributed by atoms with E-state index >= 15 is 0 Å². The number of hydrogen-bond donors (Lipinski definition) is 1. The Kier molecular flexibility index (Phi) is 8.68. The van der Waals surface area contributed by atoms with Gasteiger partial charge >= 0.3 is 0 Å². The average Bonchev–Trinajstić information content (AvgIpc) is 3.14. The summed E-state index contributed by atoms with van der Waals surface area (Å²) in [6, 6.07) is 7.05. The maximum absolute atomic E-state index is 12.5. The highest BCUT2D eigenvalue weighted by Crippen LogP contribution is 2.19. The molecule has 1 N–H and O–H groups in total. The highest BCUT2D eigenvalue weighted by atomic mass is 32.2. The Morgan fingerprint density at radius 3 is 2.75 bits per heavy atom. The Labute approximate surface area is 168 Å². The Balaban J connectivity index is 1.95. The van der Waals surface area contributed by atoms with Gasteiger partial charge in [0, 0.05) is 53.8 Å². The van der Waals surface area contributed by atoms with Crippen LogP contribution in [-0.2, 0) is 26.0 Å². The van der Waals surface area contributed by atoms with Gasteiger partial charge in [0.25, 0.3) is 0 Å². The summed E-state index contributed by atoms with van der Waals surface area (Å²) in [5.41, 5.74) is 0.719. The Bertz CT molecular complexity index is 752. The first-order valence-corrected chi connectivity index (χ1v) is 10.9. The second-order valence-corrected chi connectivity index (χ2v) is 9.08. The van der Waals surface area contributed by atoms with Crippen molar-refractivity contribution in [3.8, 4) is 0 Å². The van der Waals surface area contributed by atoms with E-state index in [9.17, 15) is 8.42 Å². The van der Waals surface area contributed by atoms with Crippen molar-refractivity contribution in [2.45, 2.75) is 17.9 Å². The van der Waals surface area contributed by atoms with Gasteiger partial charge in [-0.3, -0.25) is 4.99 Å². The van der Waals surface area contributed by atoms with E-state index in [0.29, 0.717) is 37.2 Å². The number of likely N-dealkylation sites (tertiary alicyclic amines) is 1. The third kappa shape index (κ3) is 5.91. The van der Waals surface area contributed by atoms with E-state index in [1.165, 1.54) is 18.4 Å². The normalized spacial score (nSPS) is 18.1. The van der Waals surface area contributed by atoms with E-state index in [2.05, 4.69) is 15.2 Å². The van der Waals surface area contributed by atoms with Crippen molar-refractivity contribution in [1.29, 1.82) is 0 Å². The van der Waals surface area contributed by atoms with E-state index < -0.39 is 10.0 Å². The molecule has 0 saturated carbocycles. The molecular formula is C19H32N4O4S. The molecule has 1 aromatic rings. The van der Waals surface area contributed by atoms with Crippen LogP contribution in [0.15, 0.2) is 34.2 Å². The van der Waals surface area contributed by atoms with Gasteiger partial charge in [-0.25, -0.2) is 12.7 Å². The lowest BCUT2D eigenvalue weighted by Crippen LogP contribution is -2.40. The number of aliphatic imine (C=N–C) groups is 1. The van der Waals surface area contributed by atoms with Crippen molar-refractivity contribution in [3.63, 3.8) is 0 Å². The summed E-state index contributed by atoms with van der Waals surface area (Å²) in [4.78, 5) is 6.87. The second kappa shape index (κ2) is 10.8. The molecule has 0 aliphatic carbocycles. The maximum atomic E-state index is 12.5. The Morgan fingerprint density at radius 2 is 2.07 bits per heavy atom. The van der Waals surface area contributed by atoms with Gasteiger partial charge in [-0.1, -0.05) is 18.2 Å². The van der Waals surface area contributed by atoms with Crippen LogP contribution in [0, 0.1) is 5.92 Å². The molecule has 9 heteroatoms. The average molecular weight is 413 g/mol. The zero-order valence-electron chi connectivity index (χ0n) is 17.2. The fourth-order valence-corrected chi connectivity index (χ4v) is 4.27. The number of hydrogen-bond acceptors (Lipinski definition) is 5. The number of nitrogens with one attached hydrogen (secondary N) is 1. The van der Waals surface area contributed by atoms with Crippen molar-refractivity contribution in [2.24, 2.45) is 10.9 Å². The smallest absolute Gasteiger partial charge is 0.242 e.